The molecule has 3 N–H and O–H groups in total. The molecule has 0 aliphatic carbocycles. The molecule has 0 aromatic heterocycles. The van der Waals surface area contributed by atoms with E-state index < -0.39 is 21.4 Å². The summed E-state index contributed by atoms with van der Waals surface area (Å²) in [4.78, 5) is -0.110. The van der Waals surface area contributed by atoms with E-state index in [0.717, 1.165) is 18.9 Å². The third-order valence-electron chi connectivity index (χ3n) is 3.48. The predicted molar refractivity (Wildman–Crippen MR) is 73.1 cm³/mol. The second-order valence-corrected chi connectivity index (χ2v) is 6.92. The van der Waals surface area contributed by atoms with Gasteiger partial charge >= 0.3 is 0 Å². The lowest BCUT2D eigenvalue weighted by atomic mass is 10.0. The van der Waals surface area contributed by atoms with E-state index in [2.05, 4.69) is 4.72 Å². The van der Waals surface area contributed by atoms with E-state index in [0.29, 0.717) is 12.2 Å². The molecule has 5 nitrogen and oxygen atoms in total. The standard InChI is InChI=1S/C13H19FN2O3S/c1-13(5-2-6-19-13)9-16-20(17,18)12-7-11(14)4-3-10(12)8-15/h3-4,7,16H,2,5-6,8-9,15H2,1H3. The lowest BCUT2D eigenvalue weighted by Gasteiger charge is -2.23. The Morgan fingerprint density at radius 3 is 2.85 bits per heavy atom. The van der Waals surface area contributed by atoms with Crippen LogP contribution in [0, 0.1) is 5.82 Å². The summed E-state index contributed by atoms with van der Waals surface area (Å²) in [6, 6.07) is 3.57. The maximum Gasteiger partial charge on any atom is 0.241 e. The zero-order valence-electron chi connectivity index (χ0n) is 11.4. The van der Waals surface area contributed by atoms with Gasteiger partial charge in [0.1, 0.15) is 5.82 Å². The van der Waals surface area contributed by atoms with Crippen LogP contribution < -0.4 is 10.5 Å². The van der Waals surface area contributed by atoms with Gasteiger partial charge in [0.15, 0.2) is 0 Å². The van der Waals surface area contributed by atoms with Crippen LogP contribution in [0.3, 0.4) is 0 Å². The van der Waals surface area contributed by atoms with E-state index >= 15 is 0 Å². The fourth-order valence-electron chi connectivity index (χ4n) is 2.25. The molecule has 0 bridgehead atoms. The highest BCUT2D eigenvalue weighted by molar-refractivity contribution is 7.89. The Morgan fingerprint density at radius 2 is 2.25 bits per heavy atom. The van der Waals surface area contributed by atoms with Crippen molar-refractivity contribution in [3.05, 3.63) is 29.6 Å². The molecule has 0 spiro atoms. The van der Waals surface area contributed by atoms with Crippen LogP contribution in [0.25, 0.3) is 0 Å². The van der Waals surface area contributed by atoms with Gasteiger partial charge in [0.25, 0.3) is 0 Å². The van der Waals surface area contributed by atoms with Gasteiger partial charge in [0, 0.05) is 19.7 Å². The number of nitrogens with two attached hydrogens (primary N) is 1. The molecule has 1 aromatic rings. The highest BCUT2D eigenvalue weighted by atomic mass is 32.2. The summed E-state index contributed by atoms with van der Waals surface area (Å²) in [5, 5.41) is 0. The Bertz CT molecular complexity index is 583. The Balaban J connectivity index is 2.20. The van der Waals surface area contributed by atoms with Crippen molar-refractivity contribution >= 4 is 10.0 Å². The van der Waals surface area contributed by atoms with Gasteiger partial charge in [-0.2, -0.15) is 0 Å². The number of sulfonamides is 1. The first-order valence-corrected chi connectivity index (χ1v) is 7.97. The summed E-state index contributed by atoms with van der Waals surface area (Å²) in [6.45, 7) is 2.68. The zero-order valence-corrected chi connectivity index (χ0v) is 12.2. The smallest absolute Gasteiger partial charge is 0.241 e. The molecule has 1 fully saturated rings. The quantitative estimate of drug-likeness (QED) is 0.854. The average molecular weight is 302 g/mol. The van der Waals surface area contributed by atoms with E-state index in [9.17, 15) is 12.8 Å². The Kier molecular flexibility index (Phi) is 4.43. The van der Waals surface area contributed by atoms with Crippen LogP contribution in [0.1, 0.15) is 25.3 Å². The topological polar surface area (TPSA) is 81.4 Å². The van der Waals surface area contributed by atoms with Crippen molar-refractivity contribution < 1.29 is 17.5 Å². The van der Waals surface area contributed by atoms with Gasteiger partial charge in [-0.1, -0.05) is 6.07 Å². The third kappa shape index (κ3) is 3.35. The monoisotopic (exact) mass is 302 g/mol. The predicted octanol–water partition coefficient (Wildman–Crippen LogP) is 1.13. The minimum atomic E-state index is -3.80. The van der Waals surface area contributed by atoms with E-state index in [1.165, 1.54) is 12.1 Å². The normalized spacial score (nSPS) is 23.1. The van der Waals surface area contributed by atoms with Crippen molar-refractivity contribution in [3.8, 4) is 0 Å². The van der Waals surface area contributed by atoms with Gasteiger partial charge in [0.2, 0.25) is 10.0 Å². The molecule has 1 aliphatic heterocycles. The van der Waals surface area contributed by atoms with Crippen LogP contribution in [0.15, 0.2) is 23.1 Å². The molecule has 2 rings (SSSR count). The largest absolute Gasteiger partial charge is 0.374 e. The minimum absolute atomic E-state index is 0.0320. The van der Waals surface area contributed by atoms with E-state index in [-0.39, 0.29) is 18.0 Å². The van der Waals surface area contributed by atoms with Gasteiger partial charge < -0.3 is 10.5 Å². The van der Waals surface area contributed by atoms with Crippen LogP contribution in [0.5, 0.6) is 0 Å². The maximum absolute atomic E-state index is 13.3. The maximum atomic E-state index is 13.3. The Labute approximate surface area is 118 Å². The van der Waals surface area contributed by atoms with Gasteiger partial charge in [-0.15, -0.1) is 0 Å². The molecule has 0 amide bonds. The SMILES string of the molecule is CC1(CNS(=O)(=O)c2cc(F)ccc2CN)CCCO1. The van der Waals surface area contributed by atoms with Gasteiger partial charge in [-0.3, -0.25) is 0 Å². The summed E-state index contributed by atoms with van der Waals surface area (Å²) in [7, 11) is -3.80. The molecule has 7 heteroatoms. The number of ether oxygens (including phenoxy) is 1. The van der Waals surface area contributed by atoms with Crippen LogP contribution in [-0.4, -0.2) is 27.2 Å². The third-order valence-corrected chi connectivity index (χ3v) is 4.96. The van der Waals surface area contributed by atoms with Gasteiger partial charge in [0.05, 0.1) is 10.5 Å². The van der Waals surface area contributed by atoms with Crippen molar-refractivity contribution in [2.75, 3.05) is 13.2 Å². The van der Waals surface area contributed by atoms with Crippen LogP contribution in [0.2, 0.25) is 0 Å². The van der Waals surface area contributed by atoms with Crippen molar-refractivity contribution in [2.45, 2.75) is 36.8 Å². The Hall–Kier alpha value is -1.02. The van der Waals surface area contributed by atoms with Gasteiger partial charge in [-0.05, 0) is 37.5 Å². The number of hydrogen-bond donors (Lipinski definition) is 2. The first-order valence-electron chi connectivity index (χ1n) is 6.48. The second-order valence-electron chi connectivity index (χ2n) is 5.18. The first kappa shape index (κ1) is 15.4. The van der Waals surface area contributed by atoms with Crippen LogP contribution >= 0.6 is 0 Å². The number of hydrogen-bond acceptors (Lipinski definition) is 4. The number of rotatable bonds is 5. The molecular formula is C13H19FN2O3S. The molecule has 1 saturated heterocycles. The molecule has 1 atom stereocenters. The van der Waals surface area contributed by atoms with Gasteiger partial charge in [-0.25, -0.2) is 17.5 Å². The summed E-state index contributed by atoms with van der Waals surface area (Å²) in [6.07, 6.45) is 1.70. The number of halogens is 1. The van der Waals surface area contributed by atoms with Crippen molar-refractivity contribution in [1.29, 1.82) is 0 Å². The molecule has 1 aromatic carbocycles. The van der Waals surface area contributed by atoms with Crippen LogP contribution in [0.4, 0.5) is 4.39 Å². The molecule has 20 heavy (non-hydrogen) atoms. The second kappa shape index (κ2) is 5.77. The highest BCUT2D eigenvalue weighted by Gasteiger charge is 2.31. The Morgan fingerprint density at radius 1 is 1.50 bits per heavy atom. The first-order chi connectivity index (χ1) is 9.36. The van der Waals surface area contributed by atoms with E-state index in [4.69, 9.17) is 10.5 Å². The lowest BCUT2D eigenvalue weighted by Crippen LogP contribution is -2.40. The van der Waals surface area contributed by atoms with Crippen molar-refractivity contribution in [2.24, 2.45) is 5.73 Å². The highest BCUT2D eigenvalue weighted by Crippen LogP contribution is 2.25. The fraction of sp³-hybridized carbons (Fsp3) is 0.538. The molecule has 0 saturated carbocycles. The van der Waals surface area contributed by atoms with Crippen molar-refractivity contribution in [1.82, 2.24) is 4.72 Å². The zero-order chi connectivity index (χ0) is 14.8. The summed E-state index contributed by atoms with van der Waals surface area (Å²) >= 11 is 0. The minimum Gasteiger partial charge on any atom is -0.374 e. The molecule has 1 aliphatic rings. The molecule has 112 valence electrons. The van der Waals surface area contributed by atoms with E-state index in [1.807, 2.05) is 6.92 Å². The number of benzene rings is 1. The van der Waals surface area contributed by atoms with Crippen molar-refractivity contribution in [3.63, 3.8) is 0 Å². The molecular weight excluding hydrogens is 283 g/mol. The summed E-state index contributed by atoms with van der Waals surface area (Å²) < 4.78 is 45.8. The molecule has 1 unspecified atom stereocenters. The molecule has 0 radical (unpaired) electrons. The summed E-state index contributed by atoms with van der Waals surface area (Å²) in [5.41, 5.74) is 5.39. The summed E-state index contributed by atoms with van der Waals surface area (Å²) in [5.74, 6) is -0.606. The average Bonchev–Trinajstić information content (AvgIpc) is 2.84. The van der Waals surface area contributed by atoms with Crippen LogP contribution in [-0.2, 0) is 21.3 Å². The molecule has 1 heterocycles. The fourth-order valence-corrected chi connectivity index (χ4v) is 3.66. The number of nitrogens with one attached hydrogen (secondary N) is 1. The lowest BCUT2D eigenvalue weighted by molar-refractivity contribution is 0.0250. The van der Waals surface area contributed by atoms with E-state index in [1.54, 1.807) is 0 Å².